The predicted molar refractivity (Wildman–Crippen MR) is 59.5 cm³/mol. The summed E-state index contributed by atoms with van der Waals surface area (Å²) in [6, 6.07) is 4.85. The molecule has 0 amide bonds. The van der Waals surface area contributed by atoms with Crippen molar-refractivity contribution in [2.24, 2.45) is 0 Å². The van der Waals surface area contributed by atoms with E-state index in [4.69, 9.17) is 16.9 Å². The molecule has 0 bridgehead atoms. The summed E-state index contributed by atoms with van der Waals surface area (Å²) in [5.74, 6) is -0.766. The first-order chi connectivity index (χ1) is 7.54. The van der Waals surface area contributed by atoms with Crippen molar-refractivity contribution in [3.8, 4) is 17.7 Å². The lowest BCUT2D eigenvalue weighted by atomic mass is 10.1. The first-order valence-corrected chi connectivity index (χ1v) is 4.84. The van der Waals surface area contributed by atoms with Gasteiger partial charge in [0.2, 0.25) is 5.88 Å². The van der Waals surface area contributed by atoms with Crippen LogP contribution in [-0.2, 0) is 0 Å². The smallest absolute Gasteiger partial charge is 0.233 e. The zero-order valence-corrected chi connectivity index (χ0v) is 9.08. The Morgan fingerprint density at radius 1 is 1.38 bits per heavy atom. The van der Waals surface area contributed by atoms with Crippen molar-refractivity contribution in [1.82, 2.24) is 4.98 Å². The third-order valence-electron chi connectivity index (χ3n) is 2.33. The summed E-state index contributed by atoms with van der Waals surface area (Å²) in [4.78, 5) is 3.80. The van der Waals surface area contributed by atoms with Crippen molar-refractivity contribution < 1.29 is 10.2 Å². The average molecular weight is 235 g/mol. The first kappa shape index (κ1) is 10.5. The van der Waals surface area contributed by atoms with E-state index < -0.39 is 5.88 Å². The molecule has 0 saturated carbocycles. The Morgan fingerprint density at radius 2 is 2.06 bits per heavy atom. The SMILES string of the molecule is Cc1cc2c(O)c(C#N)c(O)nc2cc1Cl. The van der Waals surface area contributed by atoms with Crippen LogP contribution in [0.25, 0.3) is 10.9 Å². The number of nitrogens with zero attached hydrogens (tertiary/aromatic N) is 2. The molecule has 1 heterocycles. The quantitative estimate of drug-likeness (QED) is 0.734. The Balaban J connectivity index is 2.95. The molecule has 0 aliphatic rings. The minimum atomic E-state index is -0.493. The van der Waals surface area contributed by atoms with Crippen LogP contribution in [-0.4, -0.2) is 15.2 Å². The number of pyridine rings is 1. The van der Waals surface area contributed by atoms with Gasteiger partial charge in [0.05, 0.1) is 5.52 Å². The molecule has 4 nitrogen and oxygen atoms in total. The van der Waals surface area contributed by atoms with Gasteiger partial charge in [-0.3, -0.25) is 0 Å². The topological polar surface area (TPSA) is 77.1 Å². The van der Waals surface area contributed by atoms with Gasteiger partial charge in [0.1, 0.15) is 11.8 Å². The van der Waals surface area contributed by atoms with E-state index >= 15 is 0 Å². The number of hydrogen-bond acceptors (Lipinski definition) is 4. The fourth-order valence-corrected chi connectivity index (χ4v) is 1.62. The molecule has 0 fully saturated rings. The number of aromatic hydroxyl groups is 2. The zero-order chi connectivity index (χ0) is 11.9. The minimum absolute atomic E-state index is 0.228. The Kier molecular flexibility index (Phi) is 2.33. The molecule has 0 aliphatic carbocycles. The van der Waals surface area contributed by atoms with Crippen molar-refractivity contribution in [2.75, 3.05) is 0 Å². The second-order valence-corrected chi connectivity index (χ2v) is 3.80. The standard InChI is InChI=1S/C11H7ClN2O2/c1-5-2-6-9(3-8(5)12)14-11(16)7(4-13)10(6)15/h2-3H,1H3,(H2,14,15,16). The molecule has 1 aromatic heterocycles. The number of rotatable bonds is 0. The van der Waals surface area contributed by atoms with Crippen LogP contribution in [0.1, 0.15) is 11.1 Å². The summed E-state index contributed by atoms with van der Waals surface area (Å²) in [6.07, 6.45) is 0. The van der Waals surface area contributed by atoms with Crippen molar-refractivity contribution in [3.05, 3.63) is 28.3 Å². The van der Waals surface area contributed by atoms with Gasteiger partial charge in [0, 0.05) is 10.4 Å². The molecule has 5 heteroatoms. The summed E-state index contributed by atoms with van der Waals surface area (Å²) in [7, 11) is 0. The number of nitriles is 1. The molecular formula is C11H7ClN2O2. The zero-order valence-electron chi connectivity index (χ0n) is 8.32. The molecule has 2 N–H and O–H groups in total. The molecule has 2 aromatic rings. The van der Waals surface area contributed by atoms with Crippen LogP contribution in [0.3, 0.4) is 0 Å². The van der Waals surface area contributed by atoms with Gasteiger partial charge in [-0.1, -0.05) is 11.6 Å². The molecule has 0 atom stereocenters. The van der Waals surface area contributed by atoms with Gasteiger partial charge < -0.3 is 10.2 Å². The van der Waals surface area contributed by atoms with E-state index in [1.54, 1.807) is 19.1 Å². The van der Waals surface area contributed by atoms with Gasteiger partial charge in [0.15, 0.2) is 5.56 Å². The molecule has 0 unspecified atom stereocenters. The minimum Gasteiger partial charge on any atom is -0.506 e. The molecule has 0 spiro atoms. The Morgan fingerprint density at radius 3 is 2.69 bits per heavy atom. The maximum Gasteiger partial charge on any atom is 0.233 e. The van der Waals surface area contributed by atoms with Crippen molar-refractivity contribution >= 4 is 22.5 Å². The molecular weight excluding hydrogens is 228 g/mol. The van der Waals surface area contributed by atoms with E-state index in [1.165, 1.54) is 6.07 Å². The van der Waals surface area contributed by atoms with Crippen LogP contribution in [0, 0.1) is 18.3 Å². The molecule has 0 radical (unpaired) electrons. The largest absolute Gasteiger partial charge is 0.506 e. The molecule has 80 valence electrons. The number of benzene rings is 1. The second kappa shape index (κ2) is 3.54. The fraction of sp³-hybridized carbons (Fsp3) is 0.0909. The van der Waals surface area contributed by atoms with Crippen LogP contribution < -0.4 is 0 Å². The van der Waals surface area contributed by atoms with Crippen LogP contribution >= 0.6 is 11.6 Å². The highest BCUT2D eigenvalue weighted by molar-refractivity contribution is 6.32. The van der Waals surface area contributed by atoms with E-state index in [1.807, 2.05) is 0 Å². The van der Waals surface area contributed by atoms with Gasteiger partial charge in [-0.05, 0) is 24.6 Å². The van der Waals surface area contributed by atoms with Crippen molar-refractivity contribution in [3.63, 3.8) is 0 Å². The lowest BCUT2D eigenvalue weighted by Gasteiger charge is -2.06. The second-order valence-electron chi connectivity index (χ2n) is 3.39. The number of hydrogen-bond donors (Lipinski definition) is 2. The van der Waals surface area contributed by atoms with Crippen LogP contribution in [0.15, 0.2) is 12.1 Å². The predicted octanol–water partition coefficient (Wildman–Crippen LogP) is 2.48. The first-order valence-electron chi connectivity index (χ1n) is 4.46. The van der Waals surface area contributed by atoms with E-state index in [0.29, 0.717) is 15.9 Å². The van der Waals surface area contributed by atoms with E-state index in [0.717, 1.165) is 5.56 Å². The number of halogens is 1. The third-order valence-corrected chi connectivity index (χ3v) is 2.74. The van der Waals surface area contributed by atoms with Crippen molar-refractivity contribution in [2.45, 2.75) is 6.92 Å². The van der Waals surface area contributed by atoms with E-state index in [2.05, 4.69) is 4.98 Å². The number of aromatic nitrogens is 1. The summed E-state index contributed by atoms with van der Waals surface area (Å²) < 4.78 is 0. The van der Waals surface area contributed by atoms with Gasteiger partial charge in [-0.25, -0.2) is 4.98 Å². The van der Waals surface area contributed by atoms with Crippen LogP contribution in [0.2, 0.25) is 5.02 Å². The fourth-order valence-electron chi connectivity index (χ4n) is 1.47. The maximum absolute atomic E-state index is 9.78. The van der Waals surface area contributed by atoms with Gasteiger partial charge in [-0.15, -0.1) is 0 Å². The molecule has 16 heavy (non-hydrogen) atoms. The van der Waals surface area contributed by atoms with Gasteiger partial charge in [0.25, 0.3) is 0 Å². The van der Waals surface area contributed by atoms with E-state index in [-0.39, 0.29) is 11.3 Å². The average Bonchev–Trinajstić information content (AvgIpc) is 2.22. The summed E-state index contributed by atoms with van der Waals surface area (Å²) in [5, 5.41) is 28.8. The highest BCUT2D eigenvalue weighted by atomic mass is 35.5. The highest BCUT2D eigenvalue weighted by Crippen LogP contribution is 2.34. The van der Waals surface area contributed by atoms with Crippen LogP contribution in [0.4, 0.5) is 0 Å². The molecule has 2 rings (SSSR count). The molecule has 0 aliphatic heterocycles. The van der Waals surface area contributed by atoms with Crippen LogP contribution in [0.5, 0.6) is 11.6 Å². The third kappa shape index (κ3) is 1.42. The molecule has 0 saturated heterocycles. The normalized spacial score (nSPS) is 10.3. The Labute approximate surface area is 96.3 Å². The molecule has 1 aromatic carbocycles. The number of aryl methyl sites for hydroxylation is 1. The van der Waals surface area contributed by atoms with Gasteiger partial charge in [-0.2, -0.15) is 5.26 Å². The Hall–Kier alpha value is -1.99. The number of fused-ring (bicyclic) bond motifs is 1. The van der Waals surface area contributed by atoms with E-state index in [9.17, 15) is 10.2 Å². The highest BCUT2D eigenvalue weighted by Gasteiger charge is 2.14. The Bertz CT molecular complexity index is 632. The summed E-state index contributed by atoms with van der Waals surface area (Å²) in [5.41, 5.74) is 0.889. The maximum atomic E-state index is 9.78. The lowest BCUT2D eigenvalue weighted by Crippen LogP contribution is -1.88. The summed E-state index contributed by atoms with van der Waals surface area (Å²) >= 11 is 5.90. The van der Waals surface area contributed by atoms with Crippen molar-refractivity contribution in [1.29, 1.82) is 5.26 Å². The monoisotopic (exact) mass is 234 g/mol. The summed E-state index contributed by atoms with van der Waals surface area (Å²) in [6.45, 7) is 1.78. The van der Waals surface area contributed by atoms with Gasteiger partial charge >= 0.3 is 0 Å². The lowest BCUT2D eigenvalue weighted by molar-refractivity contribution is 0.437.